The third-order valence-electron chi connectivity index (χ3n) is 12.4. The summed E-state index contributed by atoms with van der Waals surface area (Å²) in [6.45, 7) is 4.83. The molecule has 5 rings (SSSR count). The number of halogens is 2. The van der Waals surface area contributed by atoms with E-state index >= 15 is 0 Å². The highest BCUT2D eigenvalue weighted by atomic mass is 127. The first-order valence-corrected chi connectivity index (χ1v) is 29.1. The van der Waals surface area contributed by atoms with Gasteiger partial charge in [0, 0.05) is 50.7 Å². The van der Waals surface area contributed by atoms with Crippen LogP contribution in [0.4, 0.5) is 5.69 Å². The Morgan fingerprint density at radius 2 is 1.41 bits per heavy atom. The summed E-state index contributed by atoms with van der Waals surface area (Å²) in [5, 5.41) is 40.4. The number of phenolic OH excluding ortho intramolecular Hbond substituents is 1. The maximum Gasteiger partial charge on any atom is 0.244 e. The van der Waals surface area contributed by atoms with E-state index in [1.54, 1.807) is 50.4 Å². The lowest BCUT2D eigenvalue weighted by Gasteiger charge is -2.29. The number of nitrogen functional groups attached to an aromatic ring is 1. The number of carbonyl (C=O) groups is 8. The zero-order valence-corrected chi connectivity index (χ0v) is 48.0. The van der Waals surface area contributed by atoms with Crippen LogP contribution >= 0.6 is 66.8 Å². The minimum absolute atomic E-state index is 0.0217. The molecule has 1 aliphatic heterocycles. The number of para-hydroxylation sites is 1. The molecule has 2 heterocycles. The summed E-state index contributed by atoms with van der Waals surface area (Å²) in [5.74, 6) is -7.73. The van der Waals surface area contributed by atoms with E-state index in [9.17, 15) is 48.6 Å². The SMILES string of the molecule is CC(C)[C@@H]1NC(=O)C(CCCCN)NC(=O)C(Cc2c[nH]c3ccccc23)NC(=O)[C@H](Cc2ccc(O)c(I)c2)NC(=O)C(NC(=O)[C@H](N)Cc2ccc(N)c(I)c2)CSSC[C@@H](C(=O)N[C@H](C(N)=O)[C@@H](C)O)NC1=O. The van der Waals surface area contributed by atoms with Crippen LogP contribution in [0, 0.1) is 13.1 Å². The standard InChI is InChI=1S/C50H66I2N12O10S2/c1-24(2)41-50(74)62-39(49(73)64-42(25(3)65)43(56)67)23-76-75-22-38(61-44(68)33(55)18-26-11-13-32(54)30(51)16-26)48(72)59-36(19-27-12-14-40(66)31(52)17-27)46(70)60-37(20-28-21-57-34-9-5-4-8-29(28)34)47(71)58-35(45(69)63-41)10-6-7-15-53/h4-5,8-9,11-14,16-17,21,24-25,33,35-39,41-42,57,65-66H,6-7,10,15,18-20,22-23,53-55H2,1-3H3,(H2,56,67)(H,58,71)(H,59,72)(H,60,70)(H,61,68)(H,62,74)(H,63,69)(H,64,73)/t25-,33-,35?,36+,37?,38?,39+,41+,42+/m1/s1. The Bertz CT molecular complexity index is 2730. The molecule has 3 unspecified atom stereocenters. The van der Waals surface area contributed by atoms with Gasteiger partial charge in [0.05, 0.1) is 15.7 Å². The molecule has 76 heavy (non-hydrogen) atoms. The Morgan fingerprint density at radius 3 is 2.07 bits per heavy atom. The Kier molecular flexibility index (Phi) is 23.7. The molecule has 18 N–H and O–H groups in total. The van der Waals surface area contributed by atoms with E-state index in [0.29, 0.717) is 38.8 Å². The highest BCUT2D eigenvalue weighted by Crippen LogP contribution is 2.26. The minimum atomic E-state index is -1.55. The van der Waals surface area contributed by atoms with Gasteiger partial charge < -0.3 is 75.3 Å². The maximum atomic E-state index is 14.9. The molecule has 9 atom stereocenters. The van der Waals surface area contributed by atoms with Crippen LogP contribution < -0.4 is 60.2 Å². The predicted molar refractivity (Wildman–Crippen MR) is 309 cm³/mol. The molecule has 1 aliphatic rings. The Balaban J connectivity index is 1.60. The molecule has 26 heteroatoms. The second kappa shape index (κ2) is 29.4. The quantitative estimate of drug-likeness (QED) is 0.0296. The number of nitrogens with two attached hydrogens (primary N) is 4. The summed E-state index contributed by atoms with van der Waals surface area (Å²) < 4.78 is 1.19. The first-order chi connectivity index (χ1) is 36.1. The molecule has 0 spiro atoms. The number of aliphatic hydroxyl groups is 1. The van der Waals surface area contributed by atoms with Crippen LogP contribution in [0.25, 0.3) is 10.9 Å². The fraction of sp³-hybridized carbons (Fsp3) is 0.440. The van der Waals surface area contributed by atoms with Gasteiger partial charge in [0.1, 0.15) is 48.0 Å². The van der Waals surface area contributed by atoms with Gasteiger partial charge in [-0.3, -0.25) is 38.4 Å². The van der Waals surface area contributed by atoms with Gasteiger partial charge in [0.25, 0.3) is 0 Å². The molecule has 4 aromatic rings. The molecule has 412 valence electrons. The molecule has 22 nitrogen and oxygen atoms in total. The Morgan fingerprint density at radius 1 is 0.776 bits per heavy atom. The monoisotopic (exact) mass is 1310 g/mol. The number of aliphatic hydroxyl groups excluding tert-OH is 1. The summed E-state index contributed by atoms with van der Waals surface area (Å²) in [6.07, 6.45) is 0.981. The number of fused-ring (bicyclic) bond motifs is 1. The average Bonchev–Trinajstić information content (AvgIpc) is 3.78. The lowest BCUT2D eigenvalue weighted by Crippen LogP contribution is -2.62. The summed E-state index contributed by atoms with van der Waals surface area (Å²) in [7, 11) is 2.01. The fourth-order valence-electron chi connectivity index (χ4n) is 8.09. The molecular formula is C50H66I2N12O10S2. The zero-order chi connectivity index (χ0) is 55.8. The van der Waals surface area contributed by atoms with Crippen LogP contribution in [0.1, 0.15) is 56.7 Å². The topological polar surface area (TPSA) is 381 Å². The van der Waals surface area contributed by atoms with Crippen molar-refractivity contribution in [3.63, 3.8) is 0 Å². The number of unbranched alkanes of at least 4 members (excludes halogenated alkanes) is 1. The number of primary amides is 1. The van der Waals surface area contributed by atoms with Crippen LogP contribution in [0.3, 0.4) is 0 Å². The Labute approximate surface area is 475 Å². The number of nitrogens with one attached hydrogen (secondary N) is 8. The number of rotatable bonds is 17. The lowest BCUT2D eigenvalue weighted by atomic mass is 10.00. The number of aromatic hydroxyl groups is 1. The molecule has 0 radical (unpaired) electrons. The predicted octanol–water partition coefficient (Wildman–Crippen LogP) is 0.460. The molecule has 0 aliphatic carbocycles. The second-order valence-electron chi connectivity index (χ2n) is 18.7. The molecule has 0 bridgehead atoms. The summed E-state index contributed by atoms with van der Waals surface area (Å²) in [6, 6.07) is 6.19. The number of hydrogen-bond acceptors (Lipinski definition) is 15. The van der Waals surface area contributed by atoms with Gasteiger partial charge in [-0.25, -0.2) is 0 Å². The van der Waals surface area contributed by atoms with Crippen molar-refractivity contribution in [2.45, 2.75) is 114 Å². The van der Waals surface area contributed by atoms with Crippen LogP contribution in [-0.2, 0) is 57.6 Å². The van der Waals surface area contributed by atoms with E-state index in [1.807, 2.05) is 46.9 Å². The largest absolute Gasteiger partial charge is 0.507 e. The van der Waals surface area contributed by atoms with Crippen molar-refractivity contribution >= 4 is 131 Å². The van der Waals surface area contributed by atoms with Gasteiger partial charge in [0.15, 0.2) is 0 Å². The van der Waals surface area contributed by atoms with Gasteiger partial charge in [-0.2, -0.15) is 0 Å². The molecule has 1 saturated heterocycles. The summed E-state index contributed by atoms with van der Waals surface area (Å²) >= 11 is 3.98. The number of anilines is 1. The molecule has 1 aromatic heterocycles. The number of H-pyrrole nitrogens is 1. The van der Waals surface area contributed by atoms with Crippen LogP contribution in [0.5, 0.6) is 5.75 Å². The van der Waals surface area contributed by atoms with Gasteiger partial charge in [-0.1, -0.05) is 65.8 Å². The maximum absolute atomic E-state index is 14.9. The number of aromatic nitrogens is 1. The van der Waals surface area contributed by atoms with Gasteiger partial charge in [-0.15, -0.1) is 0 Å². The van der Waals surface area contributed by atoms with Gasteiger partial charge in [-0.05, 0) is 137 Å². The number of benzene rings is 3. The van der Waals surface area contributed by atoms with Crippen LogP contribution in [-0.4, -0.2) is 135 Å². The number of carbonyl (C=O) groups excluding carboxylic acids is 8. The summed E-state index contributed by atoms with van der Waals surface area (Å²) in [5.41, 5.74) is 26.9. The molecule has 3 aromatic carbocycles. The second-order valence-corrected chi connectivity index (χ2v) is 23.6. The number of phenols is 1. The molecular weight excluding hydrogens is 1250 g/mol. The van der Waals surface area contributed by atoms with E-state index in [-0.39, 0.29) is 49.5 Å². The van der Waals surface area contributed by atoms with Crippen molar-refractivity contribution in [2.24, 2.45) is 23.1 Å². The smallest absolute Gasteiger partial charge is 0.244 e. The Hall–Kier alpha value is -5.40. The van der Waals surface area contributed by atoms with Crippen molar-refractivity contribution in [1.29, 1.82) is 0 Å². The molecule has 8 amide bonds. The fourth-order valence-corrected chi connectivity index (χ4v) is 11.6. The van der Waals surface area contributed by atoms with Crippen molar-refractivity contribution in [3.05, 3.63) is 90.7 Å². The molecule has 0 saturated carbocycles. The van der Waals surface area contributed by atoms with E-state index in [1.165, 1.54) is 13.0 Å². The van der Waals surface area contributed by atoms with Crippen molar-refractivity contribution in [2.75, 3.05) is 23.8 Å². The number of hydrogen-bond donors (Lipinski definition) is 14. The zero-order valence-electron chi connectivity index (χ0n) is 42.0. The molecule has 1 fully saturated rings. The minimum Gasteiger partial charge on any atom is -0.507 e. The van der Waals surface area contributed by atoms with Gasteiger partial charge in [0.2, 0.25) is 47.3 Å². The average molecular weight is 1310 g/mol. The third-order valence-corrected chi connectivity index (χ3v) is 16.6. The first-order valence-electron chi connectivity index (χ1n) is 24.4. The number of aromatic amines is 1. The highest BCUT2D eigenvalue weighted by molar-refractivity contribution is 14.1. The first kappa shape index (κ1) is 61.5. The van der Waals surface area contributed by atoms with E-state index in [4.69, 9.17) is 22.9 Å². The highest BCUT2D eigenvalue weighted by Gasteiger charge is 2.37. The van der Waals surface area contributed by atoms with Crippen molar-refractivity contribution in [1.82, 2.24) is 42.2 Å². The van der Waals surface area contributed by atoms with Crippen LogP contribution in [0.15, 0.2) is 66.9 Å². The number of amides is 8. The van der Waals surface area contributed by atoms with Crippen LogP contribution in [0.2, 0.25) is 0 Å². The van der Waals surface area contributed by atoms with Gasteiger partial charge >= 0.3 is 0 Å². The van der Waals surface area contributed by atoms with E-state index in [2.05, 4.69) is 64.8 Å². The lowest BCUT2D eigenvalue weighted by molar-refractivity contribution is -0.136. The normalized spacial score (nSPS) is 21.7. The van der Waals surface area contributed by atoms with Crippen molar-refractivity contribution < 1.29 is 48.6 Å². The third kappa shape index (κ3) is 17.8. The van der Waals surface area contributed by atoms with E-state index in [0.717, 1.165) is 36.1 Å². The summed E-state index contributed by atoms with van der Waals surface area (Å²) in [4.78, 5) is 116. The van der Waals surface area contributed by atoms with Crippen molar-refractivity contribution in [3.8, 4) is 5.75 Å². The van der Waals surface area contributed by atoms with E-state index < -0.39 is 108 Å².